The Morgan fingerprint density at radius 2 is 2.44 bits per heavy atom. The molecule has 1 amide bonds. The Kier molecular flexibility index (Phi) is 4.98. The molecule has 0 radical (unpaired) electrons. The lowest BCUT2D eigenvalue weighted by molar-refractivity contribution is 0.0948. The van der Waals surface area contributed by atoms with Gasteiger partial charge in [0.25, 0.3) is 5.91 Å². The Labute approximate surface area is 96.0 Å². The number of hydrogen-bond acceptors (Lipinski definition) is 3. The quantitative estimate of drug-likeness (QED) is 0.692. The number of rotatable bonds is 6. The van der Waals surface area contributed by atoms with Crippen LogP contribution in [0.15, 0.2) is 12.5 Å². The van der Waals surface area contributed by atoms with Crippen molar-refractivity contribution in [2.24, 2.45) is 18.7 Å². The predicted octanol–water partition coefficient (Wildman–Crippen LogP) is 0.525. The minimum Gasteiger partial charge on any atom is -0.351 e. The molecular formula is C11H20N4O. The van der Waals surface area contributed by atoms with Crippen LogP contribution >= 0.6 is 0 Å². The first-order valence-electron chi connectivity index (χ1n) is 5.59. The Morgan fingerprint density at radius 3 is 3.00 bits per heavy atom. The SMILES string of the molecule is CC(CN)CCCNC(=O)c1cn(C)cn1. The van der Waals surface area contributed by atoms with Crippen molar-refractivity contribution in [1.82, 2.24) is 14.9 Å². The van der Waals surface area contributed by atoms with Crippen molar-refractivity contribution in [2.45, 2.75) is 19.8 Å². The van der Waals surface area contributed by atoms with Crippen molar-refractivity contribution in [1.29, 1.82) is 0 Å². The van der Waals surface area contributed by atoms with E-state index in [4.69, 9.17) is 5.73 Å². The third-order valence-electron chi connectivity index (χ3n) is 2.50. The first-order valence-corrected chi connectivity index (χ1v) is 5.59. The van der Waals surface area contributed by atoms with Gasteiger partial charge in [-0.2, -0.15) is 0 Å². The molecule has 90 valence electrons. The average molecular weight is 224 g/mol. The Morgan fingerprint density at radius 1 is 1.69 bits per heavy atom. The third-order valence-corrected chi connectivity index (χ3v) is 2.50. The van der Waals surface area contributed by atoms with Crippen LogP contribution in [0.3, 0.4) is 0 Å². The summed E-state index contributed by atoms with van der Waals surface area (Å²) in [6.45, 7) is 3.49. The standard InChI is InChI=1S/C11H20N4O/c1-9(6-12)4-3-5-13-11(16)10-7-15(2)8-14-10/h7-9H,3-6,12H2,1-2H3,(H,13,16). The van der Waals surface area contributed by atoms with E-state index in [0.717, 1.165) is 12.8 Å². The molecule has 16 heavy (non-hydrogen) atoms. The molecule has 5 nitrogen and oxygen atoms in total. The van der Waals surface area contributed by atoms with Crippen LogP contribution in [0.5, 0.6) is 0 Å². The number of hydrogen-bond donors (Lipinski definition) is 2. The van der Waals surface area contributed by atoms with Gasteiger partial charge >= 0.3 is 0 Å². The summed E-state index contributed by atoms with van der Waals surface area (Å²) in [4.78, 5) is 15.5. The van der Waals surface area contributed by atoms with Gasteiger partial charge in [0.1, 0.15) is 5.69 Å². The first-order chi connectivity index (χ1) is 7.63. The van der Waals surface area contributed by atoms with Crippen LogP contribution in [0, 0.1) is 5.92 Å². The zero-order chi connectivity index (χ0) is 12.0. The van der Waals surface area contributed by atoms with Crippen molar-refractivity contribution >= 4 is 5.91 Å². The number of aryl methyl sites for hydroxylation is 1. The van der Waals surface area contributed by atoms with Gasteiger partial charge in [-0.25, -0.2) is 4.98 Å². The molecule has 0 saturated carbocycles. The molecule has 3 N–H and O–H groups in total. The van der Waals surface area contributed by atoms with Crippen molar-refractivity contribution in [3.05, 3.63) is 18.2 Å². The third kappa shape index (κ3) is 4.02. The van der Waals surface area contributed by atoms with E-state index in [1.54, 1.807) is 17.1 Å². The normalized spacial score (nSPS) is 12.4. The molecule has 0 aliphatic heterocycles. The summed E-state index contributed by atoms with van der Waals surface area (Å²) in [6.07, 6.45) is 5.32. The fourth-order valence-electron chi connectivity index (χ4n) is 1.39. The lowest BCUT2D eigenvalue weighted by Gasteiger charge is -2.07. The van der Waals surface area contributed by atoms with Gasteiger partial charge in [-0.3, -0.25) is 4.79 Å². The van der Waals surface area contributed by atoms with Gasteiger partial charge in [-0.1, -0.05) is 6.92 Å². The van der Waals surface area contributed by atoms with Gasteiger partial charge in [0.2, 0.25) is 0 Å². The summed E-state index contributed by atoms with van der Waals surface area (Å²) in [7, 11) is 1.84. The molecule has 0 spiro atoms. The molecule has 1 aromatic heterocycles. The van der Waals surface area contributed by atoms with Crippen LogP contribution in [-0.4, -0.2) is 28.5 Å². The molecule has 1 atom stereocenters. The molecule has 1 rings (SSSR count). The number of nitrogens with zero attached hydrogens (tertiary/aromatic N) is 2. The Hall–Kier alpha value is -1.36. The van der Waals surface area contributed by atoms with Gasteiger partial charge in [0.05, 0.1) is 6.33 Å². The summed E-state index contributed by atoms with van der Waals surface area (Å²) in [5.74, 6) is 0.410. The van der Waals surface area contributed by atoms with E-state index in [9.17, 15) is 4.79 Å². The second-order valence-corrected chi connectivity index (χ2v) is 4.16. The van der Waals surface area contributed by atoms with E-state index < -0.39 is 0 Å². The maximum absolute atomic E-state index is 11.6. The summed E-state index contributed by atoms with van der Waals surface area (Å²) >= 11 is 0. The van der Waals surface area contributed by atoms with E-state index in [1.165, 1.54) is 0 Å². The number of carbonyl (C=O) groups excluding carboxylic acids is 1. The summed E-state index contributed by atoms with van der Waals surface area (Å²) < 4.78 is 1.76. The molecular weight excluding hydrogens is 204 g/mol. The van der Waals surface area contributed by atoms with E-state index >= 15 is 0 Å². The molecule has 0 fully saturated rings. The second kappa shape index (κ2) is 6.27. The van der Waals surface area contributed by atoms with E-state index in [-0.39, 0.29) is 5.91 Å². The highest BCUT2D eigenvalue weighted by atomic mass is 16.1. The number of imidazole rings is 1. The molecule has 0 aliphatic rings. The molecule has 1 aromatic rings. The Bertz CT molecular complexity index is 334. The summed E-state index contributed by atoms with van der Waals surface area (Å²) in [5, 5.41) is 2.84. The van der Waals surface area contributed by atoms with Crippen LogP contribution in [0.4, 0.5) is 0 Å². The maximum atomic E-state index is 11.6. The van der Waals surface area contributed by atoms with Crippen molar-refractivity contribution in [3.63, 3.8) is 0 Å². The van der Waals surface area contributed by atoms with Gasteiger partial charge < -0.3 is 15.6 Å². The van der Waals surface area contributed by atoms with Crippen LogP contribution in [-0.2, 0) is 7.05 Å². The van der Waals surface area contributed by atoms with Crippen molar-refractivity contribution in [3.8, 4) is 0 Å². The van der Waals surface area contributed by atoms with Crippen LogP contribution in [0.1, 0.15) is 30.3 Å². The van der Waals surface area contributed by atoms with Crippen LogP contribution in [0.25, 0.3) is 0 Å². The number of nitrogens with one attached hydrogen (secondary N) is 1. The monoisotopic (exact) mass is 224 g/mol. The molecule has 5 heteroatoms. The number of nitrogens with two attached hydrogens (primary N) is 1. The first kappa shape index (κ1) is 12.7. The lowest BCUT2D eigenvalue weighted by atomic mass is 10.1. The highest BCUT2D eigenvalue weighted by molar-refractivity contribution is 5.91. The zero-order valence-electron chi connectivity index (χ0n) is 9.94. The van der Waals surface area contributed by atoms with Crippen molar-refractivity contribution in [2.75, 3.05) is 13.1 Å². The topological polar surface area (TPSA) is 72.9 Å². The van der Waals surface area contributed by atoms with E-state index in [0.29, 0.717) is 24.7 Å². The molecule has 0 saturated heterocycles. The predicted molar refractivity (Wildman–Crippen MR) is 63.0 cm³/mol. The van der Waals surface area contributed by atoms with Gasteiger partial charge in [-0.15, -0.1) is 0 Å². The van der Waals surface area contributed by atoms with Crippen molar-refractivity contribution < 1.29 is 4.79 Å². The minimum atomic E-state index is -0.110. The summed E-state index contributed by atoms with van der Waals surface area (Å²) in [6, 6.07) is 0. The average Bonchev–Trinajstić information content (AvgIpc) is 2.70. The zero-order valence-corrected chi connectivity index (χ0v) is 9.94. The van der Waals surface area contributed by atoms with Gasteiger partial charge in [0, 0.05) is 19.8 Å². The molecule has 0 aromatic carbocycles. The highest BCUT2D eigenvalue weighted by Gasteiger charge is 2.07. The lowest BCUT2D eigenvalue weighted by Crippen LogP contribution is -2.25. The molecule has 1 heterocycles. The Balaban J connectivity index is 2.21. The molecule has 1 unspecified atom stereocenters. The highest BCUT2D eigenvalue weighted by Crippen LogP contribution is 2.02. The fraction of sp³-hybridized carbons (Fsp3) is 0.636. The summed E-state index contributed by atoms with van der Waals surface area (Å²) in [5.41, 5.74) is 5.97. The molecule has 0 bridgehead atoms. The van der Waals surface area contributed by atoms with Gasteiger partial charge in [-0.05, 0) is 25.3 Å². The fourth-order valence-corrected chi connectivity index (χ4v) is 1.39. The number of aromatic nitrogens is 2. The number of carbonyl (C=O) groups is 1. The smallest absolute Gasteiger partial charge is 0.271 e. The second-order valence-electron chi connectivity index (χ2n) is 4.16. The van der Waals surface area contributed by atoms with Crippen LogP contribution < -0.4 is 11.1 Å². The number of amides is 1. The molecule has 0 aliphatic carbocycles. The van der Waals surface area contributed by atoms with Crippen LogP contribution in [0.2, 0.25) is 0 Å². The minimum absolute atomic E-state index is 0.110. The largest absolute Gasteiger partial charge is 0.351 e. The van der Waals surface area contributed by atoms with E-state index in [2.05, 4.69) is 17.2 Å². The maximum Gasteiger partial charge on any atom is 0.271 e. The van der Waals surface area contributed by atoms with Gasteiger partial charge in [0.15, 0.2) is 0 Å². The van der Waals surface area contributed by atoms with E-state index in [1.807, 2.05) is 7.05 Å².